The van der Waals surface area contributed by atoms with Gasteiger partial charge in [-0.3, -0.25) is 0 Å². The first-order valence-electron chi connectivity index (χ1n) is 9.22. The number of benzene rings is 1. The summed E-state index contributed by atoms with van der Waals surface area (Å²) in [5.41, 5.74) is 2.34. The summed E-state index contributed by atoms with van der Waals surface area (Å²) >= 11 is 0. The molecule has 0 unspecified atom stereocenters. The SMILES string of the molecule is CC(C)(C)[Si](C)(C)O[C]1C=Cc2c(O[Si](C)(C)C(C)(C)C)cccc21. The number of rotatable bonds is 4. The van der Waals surface area contributed by atoms with Crippen molar-refractivity contribution in [1.29, 1.82) is 0 Å². The first-order chi connectivity index (χ1) is 11.2. The molecule has 0 heterocycles. The van der Waals surface area contributed by atoms with Gasteiger partial charge < -0.3 is 8.85 Å². The molecule has 0 fully saturated rings. The van der Waals surface area contributed by atoms with E-state index in [2.05, 4.69) is 98.1 Å². The normalized spacial score (nSPS) is 16.2. The summed E-state index contributed by atoms with van der Waals surface area (Å²) in [5.74, 6) is 0.995. The average molecular weight is 376 g/mol. The molecule has 25 heavy (non-hydrogen) atoms. The Bertz CT molecular complexity index is 661. The molecule has 1 aliphatic rings. The van der Waals surface area contributed by atoms with Crippen LogP contribution in [-0.2, 0) is 4.43 Å². The van der Waals surface area contributed by atoms with E-state index in [1.807, 2.05) is 0 Å². The summed E-state index contributed by atoms with van der Waals surface area (Å²) < 4.78 is 13.2. The number of fused-ring (bicyclic) bond motifs is 1. The van der Waals surface area contributed by atoms with Gasteiger partial charge in [0.15, 0.2) is 8.32 Å². The lowest BCUT2D eigenvalue weighted by molar-refractivity contribution is 0.347. The summed E-state index contributed by atoms with van der Waals surface area (Å²) in [6.07, 6.45) is 5.27. The van der Waals surface area contributed by atoms with Crippen molar-refractivity contribution in [3.63, 3.8) is 0 Å². The van der Waals surface area contributed by atoms with Gasteiger partial charge in [-0.15, -0.1) is 0 Å². The number of hydrogen-bond donors (Lipinski definition) is 0. The van der Waals surface area contributed by atoms with Crippen LogP contribution in [0.4, 0.5) is 0 Å². The third kappa shape index (κ3) is 4.12. The first-order valence-corrected chi connectivity index (χ1v) is 15.0. The smallest absolute Gasteiger partial charge is 0.250 e. The molecule has 0 amide bonds. The lowest BCUT2D eigenvalue weighted by atomic mass is 10.1. The van der Waals surface area contributed by atoms with E-state index < -0.39 is 16.6 Å². The Kier molecular flexibility index (Phi) is 5.24. The van der Waals surface area contributed by atoms with Crippen LogP contribution in [0.3, 0.4) is 0 Å². The predicted molar refractivity (Wildman–Crippen MR) is 114 cm³/mol. The average Bonchev–Trinajstić information content (AvgIpc) is 2.79. The maximum atomic E-state index is 6.58. The van der Waals surface area contributed by atoms with E-state index in [1.165, 1.54) is 11.1 Å². The molecule has 0 aliphatic heterocycles. The van der Waals surface area contributed by atoms with E-state index in [0.717, 1.165) is 11.9 Å². The zero-order valence-electron chi connectivity index (χ0n) is 17.7. The molecule has 139 valence electrons. The minimum atomic E-state index is -1.86. The Morgan fingerprint density at radius 1 is 0.720 bits per heavy atom. The molecule has 0 aromatic heterocycles. The fourth-order valence-electron chi connectivity index (χ4n) is 2.21. The predicted octanol–water partition coefficient (Wildman–Crippen LogP) is 7.00. The maximum absolute atomic E-state index is 6.58. The van der Waals surface area contributed by atoms with Crippen LogP contribution in [0.25, 0.3) is 6.08 Å². The molecule has 0 bridgehead atoms. The van der Waals surface area contributed by atoms with E-state index in [-0.39, 0.29) is 10.1 Å². The molecule has 1 aromatic carbocycles. The van der Waals surface area contributed by atoms with Gasteiger partial charge in [0, 0.05) is 11.1 Å². The van der Waals surface area contributed by atoms with Crippen molar-refractivity contribution >= 4 is 22.7 Å². The van der Waals surface area contributed by atoms with Gasteiger partial charge in [0.05, 0.1) is 0 Å². The van der Waals surface area contributed by atoms with Gasteiger partial charge in [-0.25, -0.2) is 0 Å². The zero-order chi connectivity index (χ0) is 19.3. The molecule has 4 heteroatoms. The van der Waals surface area contributed by atoms with Crippen molar-refractivity contribution in [3.05, 3.63) is 41.5 Å². The molecule has 0 spiro atoms. The van der Waals surface area contributed by atoms with Crippen LogP contribution < -0.4 is 4.43 Å². The second kappa shape index (κ2) is 6.40. The largest absolute Gasteiger partial charge is 0.543 e. The van der Waals surface area contributed by atoms with Crippen LogP contribution in [0.1, 0.15) is 52.7 Å². The second-order valence-electron chi connectivity index (χ2n) is 10.1. The van der Waals surface area contributed by atoms with Crippen molar-refractivity contribution in [2.75, 3.05) is 0 Å². The van der Waals surface area contributed by atoms with Gasteiger partial charge in [-0.05, 0) is 48.4 Å². The summed E-state index contributed by atoms with van der Waals surface area (Å²) in [6, 6.07) is 6.33. The first kappa shape index (κ1) is 20.5. The molecule has 0 saturated heterocycles. The Morgan fingerprint density at radius 3 is 1.76 bits per heavy atom. The Morgan fingerprint density at radius 2 is 1.24 bits per heavy atom. The second-order valence-corrected chi connectivity index (χ2v) is 19.6. The van der Waals surface area contributed by atoms with Crippen LogP contribution in [0, 0.1) is 6.10 Å². The third-order valence-corrected chi connectivity index (χ3v) is 14.8. The topological polar surface area (TPSA) is 18.5 Å². The van der Waals surface area contributed by atoms with Crippen molar-refractivity contribution in [2.45, 2.75) is 77.8 Å². The molecule has 1 aromatic rings. The third-order valence-electron chi connectivity index (χ3n) is 6.08. The fraction of sp³-hybridized carbons (Fsp3) is 0.571. The van der Waals surface area contributed by atoms with Gasteiger partial charge in [0.1, 0.15) is 11.9 Å². The Balaban J connectivity index is 2.30. The van der Waals surface area contributed by atoms with Crippen molar-refractivity contribution in [3.8, 4) is 5.75 Å². The van der Waals surface area contributed by atoms with Gasteiger partial charge in [0.2, 0.25) is 0 Å². The molecule has 0 saturated carbocycles. The minimum absolute atomic E-state index is 0.183. The molecule has 0 atom stereocenters. The van der Waals surface area contributed by atoms with E-state index in [1.54, 1.807) is 0 Å². The van der Waals surface area contributed by atoms with Crippen molar-refractivity contribution < 1.29 is 8.85 Å². The van der Waals surface area contributed by atoms with E-state index in [0.29, 0.717) is 0 Å². The zero-order valence-corrected chi connectivity index (χ0v) is 19.7. The fourth-order valence-corrected chi connectivity index (χ4v) is 4.28. The van der Waals surface area contributed by atoms with Crippen LogP contribution in [0.2, 0.25) is 36.3 Å². The van der Waals surface area contributed by atoms with Gasteiger partial charge in [0.25, 0.3) is 8.32 Å². The van der Waals surface area contributed by atoms with E-state index >= 15 is 0 Å². The molecule has 0 N–H and O–H groups in total. The molecule has 2 rings (SSSR count). The lowest BCUT2D eigenvalue weighted by Gasteiger charge is -2.38. The van der Waals surface area contributed by atoms with Crippen molar-refractivity contribution in [1.82, 2.24) is 0 Å². The monoisotopic (exact) mass is 375 g/mol. The Labute approximate surface area is 156 Å². The van der Waals surface area contributed by atoms with E-state index in [9.17, 15) is 0 Å². The van der Waals surface area contributed by atoms with Gasteiger partial charge in [-0.2, -0.15) is 0 Å². The van der Waals surface area contributed by atoms with Gasteiger partial charge in [-0.1, -0.05) is 59.8 Å². The minimum Gasteiger partial charge on any atom is -0.543 e. The van der Waals surface area contributed by atoms with Gasteiger partial charge >= 0.3 is 0 Å². The summed E-state index contributed by atoms with van der Waals surface area (Å²) in [4.78, 5) is 0. The highest BCUT2D eigenvalue weighted by molar-refractivity contribution is 6.75. The summed E-state index contributed by atoms with van der Waals surface area (Å²) in [7, 11) is -3.72. The highest BCUT2D eigenvalue weighted by Crippen LogP contribution is 2.45. The van der Waals surface area contributed by atoms with Crippen LogP contribution >= 0.6 is 0 Å². The Hall–Kier alpha value is -0.846. The molecule has 1 aliphatic carbocycles. The van der Waals surface area contributed by atoms with E-state index in [4.69, 9.17) is 8.85 Å². The molecule has 1 radical (unpaired) electrons. The van der Waals surface area contributed by atoms with Crippen molar-refractivity contribution in [2.24, 2.45) is 0 Å². The van der Waals surface area contributed by atoms with Crippen LogP contribution in [0.15, 0.2) is 24.3 Å². The lowest BCUT2D eigenvalue weighted by Crippen LogP contribution is -2.44. The molecular weight excluding hydrogens is 340 g/mol. The molecule has 2 nitrogen and oxygen atoms in total. The summed E-state index contributed by atoms with van der Waals surface area (Å²) in [5, 5.41) is 0.369. The number of hydrogen-bond acceptors (Lipinski definition) is 2. The van der Waals surface area contributed by atoms with Crippen LogP contribution in [0.5, 0.6) is 5.75 Å². The highest BCUT2D eigenvalue weighted by atomic mass is 28.4. The van der Waals surface area contributed by atoms with Crippen LogP contribution in [-0.4, -0.2) is 16.6 Å². The highest BCUT2D eigenvalue weighted by Gasteiger charge is 2.42. The quantitative estimate of drug-likeness (QED) is 0.527. The summed E-state index contributed by atoms with van der Waals surface area (Å²) in [6.45, 7) is 22.8. The molecular formula is C21H35O2Si2. The standard InChI is InChI=1S/C21H35O2Si2/c1-20(2,3)24(7,8)22-18-13-11-12-16-17(18)14-15-19(16)23-25(9,10)21(4,5)6/h11-15H,1-10H3. The maximum Gasteiger partial charge on any atom is 0.250 e.